The summed E-state index contributed by atoms with van der Waals surface area (Å²) in [5.41, 5.74) is 8.94. The summed E-state index contributed by atoms with van der Waals surface area (Å²) >= 11 is 0. The first-order valence-electron chi connectivity index (χ1n) is 8.82. The molecule has 0 atom stereocenters. The highest BCUT2D eigenvalue weighted by Crippen LogP contribution is 2.40. The number of aryl methyl sites for hydroxylation is 1. The van der Waals surface area contributed by atoms with E-state index >= 15 is 0 Å². The molecule has 3 heteroatoms. The molecule has 0 spiro atoms. The standard InChI is InChI=1S/C21H26FNO/c1-16-12-18(21(15-23)10-6-3-7-11-21)13-19(22)20(16)24-14-17-8-4-2-5-9-17/h2,4-5,8-9,12-13H,3,6-7,10-11,14-15,23H2,1H3. The summed E-state index contributed by atoms with van der Waals surface area (Å²) in [6.45, 7) is 2.87. The van der Waals surface area contributed by atoms with Crippen LogP contribution in [0.25, 0.3) is 0 Å². The quantitative estimate of drug-likeness (QED) is 0.850. The smallest absolute Gasteiger partial charge is 0.165 e. The predicted molar refractivity (Wildman–Crippen MR) is 95.7 cm³/mol. The summed E-state index contributed by atoms with van der Waals surface area (Å²) in [6, 6.07) is 13.5. The molecule has 0 radical (unpaired) electrons. The third-order valence-electron chi connectivity index (χ3n) is 5.27. The van der Waals surface area contributed by atoms with Crippen molar-refractivity contribution in [3.05, 3.63) is 65.0 Å². The van der Waals surface area contributed by atoms with Crippen molar-refractivity contribution in [2.45, 2.75) is 51.0 Å². The van der Waals surface area contributed by atoms with Crippen LogP contribution >= 0.6 is 0 Å². The topological polar surface area (TPSA) is 35.2 Å². The van der Waals surface area contributed by atoms with E-state index in [0.717, 1.165) is 29.5 Å². The number of benzene rings is 2. The minimum atomic E-state index is -0.278. The van der Waals surface area contributed by atoms with Gasteiger partial charge in [0.05, 0.1) is 0 Å². The molecule has 0 bridgehead atoms. The van der Waals surface area contributed by atoms with Gasteiger partial charge in [-0.1, -0.05) is 55.7 Å². The zero-order chi connectivity index (χ0) is 17.0. The number of halogens is 1. The molecule has 0 aliphatic heterocycles. The zero-order valence-electron chi connectivity index (χ0n) is 14.4. The SMILES string of the molecule is Cc1cc(C2(CN)CCCCC2)cc(F)c1OCc1ccccc1. The lowest BCUT2D eigenvalue weighted by atomic mass is 9.69. The lowest BCUT2D eigenvalue weighted by Crippen LogP contribution is -2.37. The van der Waals surface area contributed by atoms with Gasteiger partial charge in [-0.2, -0.15) is 0 Å². The Labute approximate surface area is 143 Å². The van der Waals surface area contributed by atoms with Crippen molar-refractivity contribution in [3.63, 3.8) is 0 Å². The van der Waals surface area contributed by atoms with E-state index in [-0.39, 0.29) is 11.2 Å². The van der Waals surface area contributed by atoms with Crippen molar-refractivity contribution in [2.24, 2.45) is 5.73 Å². The first-order valence-corrected chi connectivity index (χ1v) is 8.82. The van der Waals surface area contributed by atoms with E-state index in [4.69, 9.17) is 10.5 Å². The Kier molecular flexibility index (Phi) is 5.20. The van der Waals surface area contributed by atoms with Crippen LogP contribution in [0.1, 0.15) is 48.8 Å². The maximum absolute atomic E-state index is 14.7. The Morgan fingerprint density at radius 3 is 2.42 bits per heavy atom. The molecular weight excluding hydrogens is 301 g/mol. The molecule has 1 aliphatic carbocycles. The van der Waals surface area contributed by atoms with E-state index in [0.29, 0.717) is 18.9 Å². The molecule has 1 aliphatic rings. The fourth-order valence-electron chi connectivity index (χ4n) is 3.79. The first kappa shape index (κ1) is 17.0. The van der Waals surface area contributed by atoms with Gasteiger partial charge in [0.15, 0.2) is 11.6 Å². The number of ether oxygens (including phenoxy) is 1. The van der Waals surface area contributed by atoms with Crippen molar-refractivity contribution in [1.82, 2.24) is 0 Å². The summed E-state index contributed by atoms with van der Waals surface area (Å²) in [4.78, 5) is 0. The fourth-order valence-corrected chi connectivity index (χ4v) is 3.79. The van der Waals surface area contributed by atoms with Crippen LogP contribution in [-0.4, -0.2) is 6.54 Å². The van der Waals surface area contributed by atoms with E-state index in [2.05, 4.69) is 6.07 Å². The zero-order valence-corrected chi connectivity index (χ0v) is 14.4. The second kappa shape index (κ2) is 7.35. The van der Waals surface area contributed by atoms with Crippen LogP contribution in [0.5, 0.6) is 5.75 Å². The second-order valence-electron chi connectivity index (χ2n) is 6.92. The number of rotatable bonds is 5. The number of nitrogens with two attached hydrogens (primary N) is 1. The van der Waals surface area contributed by atoms with E-state index in [1.807, 2.05) is 37.3 Å². The van der Waals surface area contributed by atoms with Gasteiger partial charge in [0.1, 0.15) is 6.61 Å². The van der Waals surface area contributed by atoms with Gasteiger partial charge in [-0.05, 0) is 42.5 Å². The molecule has 1 fully saturated rings. The summed E-state index contributed by atoms with van der Waals surface area (Å²) < 4.78 is 20.5. The molecular formula is C21H26FNO. The molecule has 1 saturated carbocycles. The fraction of sp³-hybridized carbons (Fsp3) is 0.429. The van der Waals surface area contributed by atoms with Gasteiger partial charge in [-0.3, -0.25) is 0 Å². The lowest BCUT2D eigenvalue weighted by molar-refractivity contribution is 0.282. The Morgan fingerprint density at radius 2 is 1.79 bits per heavy atom. The Morgan fingerprint density at radius 1 is 1.08 bits per heavy atom. The van der Waals surface area contributed by atoms with Crippen molar-refractivity contribution in [1.29, 1.82) is 0 Å². The van der Waals surface area contributed by atoms with Crippen LogP contribution in [0.3, 0.4) is 0 Å². The minimum Gasteiger partial charge on any atom is -0.486 e. The molecule has 2 nitrogen and oxygen atoms in total. The summed E-state index contributed by atoms with van der Waals surface area (Å²) in [5, 5.41) is 0. The Bertz CT molecular complexity index is 654. The molecule has 0 heterocycles. The maximum atomic E-state index is 14.7. The van der Waals surface area contributed by atoms with Crippen LogP contribution in [0.2, 0.25) is 0 Å². The van der Waals surface area contributed by atoms with Gasteiger partial charge < -0.3 is 10.5 Å². The van der Waals surface area contributed by atoms with E-state index in [1.54, 1.807) is 6.07 Å². The van der Waals surface area contributed by atoms with Gasteiger partial charge in [0.2, 0.25) is 0 Å². The highest BCUT2D eigenvalue weighted by Gasteiger charge is 2.33. The van der Waals surface area contributed by atoms with E-state index in [9.17, 15) is 4.39 Å². The van der Waals surface area contributed by atoms with Crippen LogP contribution in [-0.2, 0) is 12.0 Å². The van der Waals surface area contributed by atoms with Gasteiger partial charge in [-0.15, -0.1) is 0 Å². The van der Waals surface area contributed by atoms with Crippen LogP contribution in [0.4, 0.5) is 4.39 Å². The van der Waals surface area contributed by atoms with Gasteiger partial charge in [0, 0.05) is 12.0 Å². The van der Waals surface area contributed by atoms with Crippen LogP contribution in [0.15, 0.2) is 42.5 Å². The third-order valence-corrected chi connectivity index (χ3v) is 5.27. The predicted octanol–water partition coefficient (Wildman–Crippen LogP) is 4.87. The van der Waals surface area contributed by atoms with Gasteiger partial charge in [-0.25, -0.2) is 4.39 Å². The highest BCUT2D eigenvalue weighted by atomic mass is 19.1. The van der Waals surface area contributed by atoms with Crippen molar-refractivity contribution in [2.75, 3.05) is 6.54 Å². The minimum absolute atomic E-state index is 0.0676. The number of hydrogen-bond acceptors (Lipinski definition) is 2. The molecule has 24 heavy (non-hydrogen) atoms. The average molecular weight is 327 g/mol. The maximum Gasteiger partial charge on any atom is 0.165 e. The van der Waals surface area contributed by atoms with Gasteiger partial charge >= 0.3 is 0 Å². The summed E-state index contributed by atoms with van der Waals surface area (Å²) in [7, 11) is 0. The monoisotopic (exact) mass is 327 g/mol. The van der Waals surface area contributed by atoms with Crippen LogP contribution < -0.4 is 10.5 Å². The summed E-state index contributed by atoms with van der Waals surface area (Å²) in [6.07, 6.45) is 5.69. The normalized spacial score (nSPS) is 16.8. The molecule has 128 valence electrons. The average Bonchev–Trinajstić information content (AvgIpc) is 2.62. The molecule has 2 N–H and O–H groups in total. The van der Waals surface area contributed by atoms with Crippen molar-refractivity contribution < 1.29 is 9.13 Å². The van der Waals surface area contributed by atoms with E-state index < -0.39 is 0 Å². The molecule has 2 aromatic rings. The highest BCUT2D eigenvalue weighted by molar-refractivity contribution is 5.41. The van der Waals surface area contributed by atoms with Gasteiger partial charge in [0.25, 0.3) is 0 Å². The third kappa shape index (κ3) is 3.46. The van der Waals surface area contributed by atoms with Crippen molar-refractivity contribution >= 4 is 0 Å². The van der Waals surface area contributed by atoms with E-state index in [1.165, 1.54) is 19.3 Å². The van der Waals surface area contributed by atoms with Crippen molar-refractivity contribution in [3.8, 4) is 5.75 Å². The van der Waals surface area contributed by atoms with Crippen LogP contribution in [0, 0.1) is 12.7 Å². The lowest BCUT2D eigenvalue weighted by Gasteiger charge is -2.37. The Balaban J connectivity index is 1.83. The molecule has 2 aromatic carbocycles. The first-order chi connectivity index (χ1) is 11.6. The second-order valence-corrected chi connectivity index (χ2v) is 6.92. The molecule has 0 unspecified atom stereocenters. The largest absolute Gasteiger partial charge is 0.486 e. The molecule has 0 amide bonds. The number of hydrogen-bond donors (Lipinski definition) is 1. The Hall–Kier alpha value is -1.87. The molecule has 0 saturated heterocycles. The molecule has 3 rings (SSSR count). The summed E-state index contributed by atoms with van der Waals surface area (Å²) in [5.74, 6) is 0.0740. The molecule has 0 aromatic heterocycles.